The van der Waals surface area contributed by atoms with Crippen molar-refractivity contribution in [2.45, 2.75) is 131 Å². The van der Waals surface area contributed by atoms with E-state index in [1.165, 1.54) is 16.7 Å². The van der Waals surface area contributed by atoms with Gasteiger partial charge in [0.1, 0.15) is 17.3 Å². The molecular formula is C74H76N4O. The zero-order valence-corrected chi connectivity index (χ0v) is 48.7. The number of hydrogen-bond donors (Lipinski definition) is 0. The first-order valence-electron chi connectivity index (χ1n) is 30.2. The van der Waals surface area contributed by atoms with E-state index in [1.54, 1.807) is 0 Å². The van der Waals surface area contributed by atoms with Crippen molar-refractivity contribution in [2.24, 2.45) is 0 Å². The molecule has 0 fully saturated rings. The molecule has 8 aromatic carbocycles. The topological polar surface area (TPSA) is 35.9 Å². The Hall–Kier alpha value is -8.02. The van der Waals surface area contributed by atoms with Crippen molar-refractivity contribution in [3.63, 3.8) is 0 Å². The van der Waals surface area contributed by atoms with Gasteiger partial charge in [-0.05, 0) is 143 Å². The van der Waals surface area contributed by atoms with E-state index in [0.717, 1.165) is 77.7 Å². The average molecular weight is 1040 g/mol. The molecule has 0 bridgehead atoms. The summed E-state index contributed by atoms with van der Waals surface area (Å²) in [5.41, 5.74) is 14.8. The smallest absolute Gasteiger partial charge is 0.269 e. The average Bonchev–Trinajstić information content (AvgIpc) is 1.63. The quantitative estimate of drug-likeness (QED) is 0.112. The van der Waals surface area contributed by atoms with Gasteiger partial charge in [0.25, 0.3) is 6.33 Å². The van der Waals surface area contributed by atoms with E-state index in [2.05, 4.69) is 235 Å². The largest absolute Gasteiger partial charge is 0.458 e. The van der Waals surface area contributed by atoms with Crippen LogP contribution in [-0.4, -0.2) is 14.1 Å². The molecule has 3 heterocycles. The van der Waals surface area contributed by atoms with Crippen molar-refractivity contribution < 1.29 is 16.2 Å². The number of fused-ring (bicyclic) bond motifs is 4. The molecule has 0 aliphatic heterocycles. The summed E-state index contributed by atoms with van der Waals surface area (Å²) in [4.78, 5) is 4.92. The van der Waals surface area contributed by atoms with Crippen molar-refractivity contribution in [2.75, 3.05) is 0 Å². The predicted molar refractivity (Wildman–Crippen MR) is 332 cm³/mol. The Morgan fingerprint density at radius 3 is 1.65 bits per heavy atom. The van der Waals surface area contributed by atoms with Crippen LogP contribution in [0.4, 0.5) is 0 Å². The Bertz CT molecular complexity index is 4340. The fourth-order valence-corrected chi connectivity index (χ4v) is 10.6. The fourth-order valence-electron chi connectivity index (χ4n) is 10.6. The molecule has 0 atom stereocenters. The van der Waals surface area contributed by atoms with Crippen molar-refractivity contribution >= 4 is 32.8 Å². The molecule has 0 saturated heterocycles. The lowest BCUT2D eigenvalue weighted by Gasteiger charge is -2.27. The van der Waals surface area contributed by atoms with Crippen molar-refractivity contribution in [1.29, 1.82) is 0 Å². The number of imidazole rings is 1. The van der Waals surface area contributed by atoms with Gasteiger partial charge in [-0.25, -0.2) is 4.98 Å². The van der Waals surface area contributed by atoms with Crippen LogP contribution in [0.5, 0.6) is 11.5 Å². The molecule has 5 nitrogen and oxygen atoms in total. The zero-order chi connectivity index (χ0) is 60.3. The SMILES string of the molecule is [2H]c1c([2H])c([2H])c(-c2cccc(-c3cc(C(C)(C)C)cc(C(C)(C)C)c3)c2-[n+]2[c-]n(-c3cccc(Oc4ccc5c6ccccc6n(-c6cc(C(C)(C)C)ccn6)c5c4)c3)c3cc(-c4cc(C(C)(C)C)cc(C(C)(C)C)c4)ccc32)c([2H])c1[2H]. The van der Waals surface area contributed by atoms with Gasteiger partial charge in [0.15, 0.2) is 0 Å². The number of aromatic nitrogens is 4. The lowest BCUT2D eigenvalue weighted by Crippen LogP contribution is -2.31. The van der Waals surface area contributed by atoms with Crippen LogP contribution >= 0.6 is 0 Å². The molecule has 0 saturated carbocycles. The van der Waals surface area contributed by atoms with Gasteiger partial charge in [-0.1, -0.05) is 225 Å². The van der Waals surface area contributed by atoms with Crippen molar-refractivity contribution in [3.05, 3.63) is 222 Å². The molecule has 0 unspecified atom stereocenters. The highest BCUT2D eigenvalue weighted by Gasteiger charge is 2.27. The van der Waals surface area contributed by atoms with Crippen LogP contribution in [0, 0.1) is 6.33 Å². The number of nitrogens with zero attached hydrogens (tertiary/aromatic N) is 4. The standard InChI is InChI=1S/C74H76N4O/c1-70(2,3)52-35-36-75-68(44-52)78-64-30-20-19-27-62(64)63-33-32-59(46-66(63)78)79-58-26-21-25-57(45-58)76-47-77(65-34-31-49(41-67(65)76)50-37-53(71(4,5)6)42-54(38-50)72(7,8)9)69-60(48-23-17-16-18-24-48)28-22-29-61(69)51-39-55(73(10,11)12)43-56(40-51)74(13,14)15/h16-46H,1-15H3/i16D,17D,18D,23D,24D. The third-order valence-electron chi connectivity index (χ3n) is 15.5. The Balaban J connectivity index is 1.17. The highest BCUT2D eigenvalue weighted by molar-refractivity contribution is 6.09. The van der Waals surface area contributed by atoms with E-state index < -0.39 is 18.1 Å². The van der Waals surface area contributed by atoms with E-state index in [1.807, 2.05) is 47.2 Å². The number of ether oxygens (including phenoxy) is 1. The van der Waals surface area contributed by atoms with Gasteiger partial charge in [-0.2, -0.15) is 0 Å². The molecule has 0 aliphatic carbocycles. The van der Waals surface area contributed by atoms with Crippen LogP contribution in [0.3, 0.4) is 0 Å². The van der Waals surface area contributed by atoms with Gasteiger partial charge < -0.3 is 4.74 Å². The summed E-state index contributed by atoms with van der Waals surface area (Å²) in [5, 5.41) is 2.22. The third-order valence-corrected chi connectivity index (χ3v) is 15.5. The maximum absolute atomic E-state index is 9.45. The molecule has 11 rings (SSSR count). The first-order chi connectivity index (χ1) is 39.4. The molecule has 0 radical (unpaired) electrons. The lowest BCUT2D eigenvalue weighted by molar-refractivity contribution is -0.571. The molecule has 3 aromatic heterocycles. The van der Waals surface area contributed by atoms with Gasteiger partial charge in [-0.3, -0.25) is 13.7 Å². The van der Waals surface area contributed by atoms with E-state index in [4.69, 9.17) is 13.8 Å². The number of para-hydroxylation sites is 2. The highest BCUT2D eigenvalue weighted by atomic mass is 16.5. The highest BCUT2D eigenvalue weighted by Crippen LogP contribution is 2.42. The maximum atomic E-state index is 9.45. The Morgan fingerprint density at radius 2 is 1.01 bits per heavy atom. The predicted octanol–water partition coefficient (Wildman–Crippen LogP) is 19.5. The maximum Gasteiger partial charge on any atom is 0.269 e. The summed E-state index contributed by atoms with van der Waals surface area (Å²) < 4.78 is 58.6. The lowest BCUT2D eigenvalue weighted by atomic mass is 9.78. The Labute approximate surface area is 476 Å². The first kappa shape index (κ1) is 47.0. The molecule has 5 heteroatoms. The molecule has 0 spiro atoms. The van der Waals surface area contributed by atoms with Gasteiger partial charge in [0, 0.05) is 23.0 Å². The van der Waals surface area contributed by atoms with Crippen LogP contribution in [0.25, 0.3) is 83.4 Å². The fraction of sp³-hybridized carbons (Fsp3) is 0.270. The van der Waals surface area contributed by atoms with Gasteiger partial charge in [0.2, 0.25) is 0 Å². The number of benzene rings is 8. The minimum Gasteiger partial charge on any atom is -0.458 e. The second-order valence-electron chi connectivity index (χ2n) is 26.6. The van der Waals surface area contributed by atoms with Crippen molar-refractivity contribution in [1.82, 2.24) is 14.1 Å². The van der Waals surface area contributed by atoms with Crippen LogP contribution in [0.1, 0.15) is 139 Å². The van der Waals surface area contributed by atoms with Gasteiger partial charge in [0.05, 0.1) is 40.3 Å². The summed E-state index contributed by atoms with van der Waals surface area (Å²) >= 11 is 0. The van der Waals surface area contributed by atoms with Crippen LogP contribution < -0.4 is 9.30 Å². The molecule has 0 aliphatic rings. The van der Waals surface area contributed by atoms with Gasteiger partial charge in [-0.15, -0.1) is 0 Å². The minimum atomic E-state index is -0.444. The number of hydrogen-bond acceptors (Lipinski definition) is 2. The summed E-state index contributed by atoms with van der Waals surface area (Å²) in [6.45, 7) is 33.5. The van der Waals surface area contributed by atoms with E-state index in [-0.39, 0.29) is 44.7 Å². The van der Waals surface area contributed by atoms with Crippen molar-refractivity contribution in [3.8, 4) is 62.1 Å². The second kappa shape index (κ2) is 19.4. The normalized spacial score (nSPS) is 13.6. The molecule has 79 heavy (non-hydrogen) atoms. The second-order valence-corrected chi connectivity index (χ2v) is 26.6. The molecular weight excluding hydrogens is 961 g/mol. The summed E-state index contributed by atoms with van der Waals surface area (Å²) in [6, 6.07) is 51.3. The number of rotatable bonds is 8. The Morgan fingerprint density at radius 1 is 0.443 bits per heavy atom. The van der Waals surface area contributed by atoms with E-state index >= 15 is 0 Å². The minimum absolute atomic E-state index is 0.0730. The molecule has 0 amide bonds. The summed E-state index contributed by atoms with van der Waals surface area (Å²) in [7, 11) is 0. The van der Waals surface area contributed by atoms with Crippen LogP contribution in [-0.2, 0) is 27.1 Å². The number of pyridine rings is 1. The first-order valence-corrected chi connectivity index (χ1v) is 27.7. The van der Waals surface area contributed by atoms with E-state index in [9.17, 15) is 2.74 Å². The van der Waals surface area contributed by atoms with Gasteiger partial charge >= 0.3 is 0 Å². The van der Waals surface area contributed by atoms with Crippen LogP contribution in [0.15, 0.2) is 188 Å². The third kappa shape index (κ3) is 10.3. The molecule has 398 valence electrons. The summed E-state index contributed by atoms with van der Waals surface area (Å²) in [6.07, 6.45) is 5.74. The molecule has 0 N–H and O–H groups in total. The zero-order valence-electron chi connectivity index (χ0n) is 53.7. The molecule has 11 aromatic rings. The van der Waals surface area contributed by atoms with E-state index in [0.29, 0.717) is 22.7 Å². The summed E-state index contributed by atoms with van der Waals surface area (Å²) in [5.74, 6) is 2.11. The monoisotopic (exact) mass is 1040 g/mol. The Kier molecular flexibility index (Phi) is 11.6. The van der Waals surface area contributed by atoms with Crippen LogP contribution in [0.2, 0.25) is 0 Å².